The van der Waals surface area contributed by atoms with E-state index in [1.807, 2.05) is 0 Å². The summed E-state index contributed by atoms with van der Waals surface area (Å²) in [4.78, 5) is 25.4. The van der Waals surface area contributed by atoms with E-state index in [1.54, 1.807) is 0 Å². The summed E-state index contributed by atoms with van der Waals surface area (Å²) in [5.74, 6) is -4.07. The number of hydrogen-bond acceptors (Lipinski definition) is 8. The highest BCUT2D eigenvalue weighted by Crippen LogP contribution is 2.33. The molecule has 0 saturated carbocycles. The predicted octanol–water partition coefficient (Wildman–Crippen LogP) is 1.92. The number of nitrogens with zero attached hydrogens (tertiary/aromatic N) is 1. The highest BCUT2D eigenvalue weighted by atomic mass is 19.1. The smallest absolute Gasteiger partial charge is 0.355 e. The van der Waals surface area contributed by atoms with Gasteiger partial charge >= 0.3 is 11.9 Å². The fourth-order valence-electron chi connectivity index (χ4n) is 3.12. The van der Waals surface area contributed by atoms with Crippen molar-refractivity contribution in [2.24, 2.45) is 0 Å². The number of halogens is 2. The van der Waals surface area contributed by atoms with E-state index in [9.17, 15) is 18.4 Å². The fourth-order valence-corrected chi connectivity index (χ4v) is 3.12. The molecule has 2 aliphatic heterocycles. The summed E-state index contributed by atoms with van der Waals surface area (Å²) in [5.41, 5.74) is -0.364. The highest BCUT2D eigenvalue weighted by Gasteiger charge is 2.33. The molecule has 0 amide bonds. The van der Waals surface area contributed by atoms with E-state index < -0.39 is 29.3 Å². The van der Waals surface area contributed by atoms with Crippen molar-refractivity contribution in [1.29, 1.82) is 0 Å². The highest BCUT2D eigenvalue weighted by molar-refractivity contribution is 6.03. The minimum Gasteiger partial charge on any atom is -0.484 e. The monoisotopic (exact) mass is 413 g/mol. The molecule has 1 aromatic carbocycles. The third kappa shape index (κ3) is 4.48. The number of carbonyl (C=O) groups is 2. The van der Waals surface area contributed by atoms with Crippen LogP contribution in [0.3, 0.4) is 0 Å². The van der Waals surface area contributed by atoms with E-state index in [4.69, 9.17) is 18.9 Å². The van der Waals surface area contributed by atoms with Crippen LogP contribution in [0.15, 0.2) is 23.4 Å². The van der Waals surface area contributed by atoms with Crippen molar-refractivity contribution < 1.29 is 42.1 Å². The Bertz CT molecular complexity index is 798. The van der Waals surface area contributed by atoms with Gasteiger partial charge < -0.3 is 28.6 Å². The molecule has 0 atom stereocenters. The van der Waals surface area contributed by atoms with Crippen molar-refractivity contribution in [2.75, 3.05) is 45.7 Å². The Morgan fingerprint density at radius 1 is 1.03 bits per heavy atom. The number of carbonyl (C=O) groups excluding carboxylic acids is 2. The van der Waals surface area contributed by atoms with Crippen molar-refractivity contribution in [3.8, 4) is 5.75 Å². The number of hydrogen-bond donors (Lipinski definition) is 0. The van der Waals surface area contributed by atoms with Crippen LogP contribution in [0.4, 0.5) is 14.5 Å². The molecule has 1 fully saturated rings. The van der Waals surface area contributed by atoms with E-state index >= 15 is 0 Å². The SMILES string of the molecule is COC(=O)C1=C(C(=O)OC)N(c2cc(F)c(OC3CCOCC3)c(F)c2)COC1. The van der Waals surface area contributed by atoms with Crippen LogP contribution in [-0.2, 0) is 28.5 Å². The molecule has 2 aliphatic rings. The first kappa shape index (κ1) is 21.0. The van der Waals surface area contributed by atoms with Crippen LogP contribution in [0.1, 0.15) is 12.8 Å². The minimum absolute atomic E-state index is 0.0409. The lowest BCUT2D eigenvalue weighted by Crippen LogP contribution is -2.39. The number of rotatable bonds is 5. The molecule has 0 spiro atoms. The summed E-state index contributed by atoms with van der Waals surface area (Å²) in [7, 11) is 2.27. The Morgan fingerprint density at radius 2 is 1.66 bits per heavy atom. The lowest BCUT2D eigenvalue weighted by molar-refractivity contribution is -0.140. The van der Waals surface area contributed by atoms with Crippen LogP contribution < -0.4 is 9.64 Å². The molecule has 0 aliphatic carbocycles. The molecule has 158 valence electrons. The molecule has 0 N–H and O–H groups in total. The number of ether oxygens (including phenoxy) is 5. The molecular formula is C19H21F2NO7. The zero-order valence-electron chi connectivity index (χ0n) is 16.0. The Balaban J connectivity index is 1.95. The number of benzene rings is 1. The largest absolute Gasteiger partial charge is 0.484 e. The second-order valence-electron chi connectivity index (χ2n) is 6.38. The quantitative estimate of drug-likeness (QED) is 0.677. The molecule has 3 rings (SSSR count). The van der Waals surface area contributed by atoms with Gasteiger partial charge in [0, 0.05) is 30.7 Å². The van der Waals surface area contributed by atoms with Gasteiger partial charge in [-0.2, -0.15) is 0 Å². The van der Waals surface area contributed by atoms with Crippen molar-refractivity contribution in [1.82, 2.24) is 0 Å². The van der Waals surface area contributed by atoms with E-state index in [0.29, 0.717) is 26.1 Å². The summed E-state index contributed by atoms with van der Waals surface area (Å²) in [6.07, 6.45) is 0.699. The molecule has 0 bridgehead atoms. The molecule has 8 nitrogen and oxygen atoms in total. The van der Waals surface area contributed by atoms with Gasteiger partial charge in [-0.1, -0.05) is 0 Å². The molecule has 0 radical (unpaired) electrons. The summed E-state index contributed by atoms with van der Waals surface area (Å²) < 4.78 is 54.7. The predicted molar refractivity (Wildman–Crippen MR) is 95.2 cm³/mol. The molecule has 0 aromatic heterocycles. The van der Waals surface area contributed by atoms with E-state index in [2.05, 4.69) is 4.74 Å². The average molecular weight is 413 g/mol. The van der Waals surface area contributed by atoms with Gasteiger partial charge in [0.1, 0.15) is 18.5 Å². The van der Waals surface area contributed by atoms with Crippen molar-refractivity contribution in [3.05, 3.63) is 35.0 Å². The van der Waals surface area contributed by atoms with E-state index in [1.165, 1.54) is 0 Å². The third-order valence-electron chi connectivity index (χ3n) is 4.58. The van der Waals surface area contributed by atoms with Crippen LogP contribution in [0.5, 0.6) is 5.75 Å². The van der Waals surface area contributed by atoms with Gasteiger partial charge in [-0.3, -0.25) is 0 Å². The van der Waals surface area contributed by atoms with Crippen molar-refractivity contribution in [3.63, 3.8) is 0 Å². The molecule has 2 heterocycles. The lowest BCUT2D eigenvalue weighted by Gasteiger charge is -2.31. The second kappa shape index (κ2) is 9.19. The van der Waals surface area contributed by atoms with Crippen LogP contribution in [0.25, 0.3) is 0 Å². The Labute approximate surface area is 165 Å². The maximum absolute atomic E-state index is 14.7. The Morgan fingerprint density at radius 3 is 2.24 bits per heavy atom. The second-order valence-corrected chi connectivity index (χ2v) is 6.38. The van der Waals surface area contributed by atoms with Gasteiger partial charge in [0.15, 0.2) is 17.4 Å². The molecular weight excluding hydrogens is 392 g/mol. The summed E-state index contributed by atoms with van der Waals surface area (Å²) in [6.45, 7) is 0.495. The summed E-state index contributed by atoms with van der Waals surface area (Å²) in [5, 5.41) is 0. The zero-order chi connectivity index (χ0) is 21.0. The number of esters is 2. The topological polar surface area (TPSA) is 83.5 Å². The lowest BCUT2D eigenvalue weighted by atomic mass is 10.1. The van der Waals surface area contributed by atoms with Gasteiger partial charge in [-0.05, 0) is 0 Å². The average Bonchev–Trinajstić information content (AvgIpc) is 2.75. The van der Waals surface area contributed by atoms with Gasteiger partial charge in [-0.15, -0.1) is 0 Å². The first-order valence-corrected chi connectivity index (χ1v) is 8.94. The van der Waals surface area contributed by atoms with Crippen molar-refractivity contribution >= 4 is 17.6 Å². The van der Waals surface area contributed by atoms with Gasteiger partial charge in [-0.25, -0.2) is 18.4 Å². The molecule has 10 heteroatoms. The maximum atomic E-state index is 14.7. The fraction of sp³-hybridized carbons (Fsp3) is 0.474. The van der Waals surface area contributed by atoms with Crippen LogP contribution in [-0.4, -0.2) is 58.8 Å². The van der Waals surface area contributed by atoms with E-state index in [-0.39, 0.29) is 36.4 Å². The maximum Gasteiger partial charge on any atom is 0.355 e. The molecule has 1 saturated heterocycles. The number of methoxy groups -OCH3 is 2. The Hall–Kier alpha value is -2.72. The van der Waals surface area contributed by atoms with Gasteiger partial charge in [0.2, 0.25) is 0 Å². The Kier molecular flexibility index (Phi) is 6.65. The van der Waals surface area contributed by atoms with Crippen molar-refractivity contribution in [2.45, 2.75) is 18.9 Å². The molecule has 29 heavy (non-hydrogen) atoms. The number of anilines is 1. The summed E-state index contributed by atoms with van der Waals surface area (Å²) >= 11 is 0. The van der Waals surface area contributed by atoms with Crippen LogP contribution in [0, 0.1) is 11.6 Å². The van der Waals surface area contributed by atoms with Crippen LogP contribution >= 0.6 is 0 Å². The van der Waals surface area contributed by atoms with Gasteiger partial charge in [0.25, 0.3) is 0 Å². The zero-order valence-corrected chi connectivity index (χ0v) is 16.0. The normalized spacial score (nSPS) is 17.9. The molecule has 0 unspecified atom stereocenters. The van der Waals surface area contributed by atoms with E-state index in [0.717, 1.165) is 31.3 Å². The molecule has 1 aromatic rings. The third-order valence-corrected chi connectivity index (χ3v) is 4.58. The van der Waals surface area contributed by atoms with Crippen LogP contribution in [0.2, 0.25) is 0 Å². The minimum atomic E-state index is -0.944. The first-order chi connectivity index (χ1) is 14.0. The standard InChI is InChI=1S/C19H21F2NO7/c1-25-18(23)13-9-28-10-22(16(13)19(24)26-2)11-7-14(20)17(15(21)8-11)29-12-3-5-27-6-4-12/h7-8,12H,3-6,9-10H2,1-2H3. The van der Waals surface area contributed by atoms with Gasteiger partial charge in [0.05, 0.1) is 39.6 Å². The first-order valence-electron chi connectivity index (χ1n) is 8.94. The summed E-state index contributed by atoms with van der Waals surface area (Å²) in [6, 6.07) is 2.01.